The van der Waals surface area contributed by atoms with Gasteiger partial charge in [0, 0.05) is 18.2 Å². The van der Waals surface area contributed by atoms with Crippen LogP contribution >= 0.6 is 23.5 Å². The largest absolute Gasteiger partial charge is 0.490 e. The fourth-order valence-corrected chi connectivity index (χ4v) is 6.10. The van der Waals surface area contributed by atoms with Crippen molar-refractivity contribution in [1.82, 2.24) is 9.55 Å². The highest BCUT2D eigenvalue weighted by Crippen LogP contribution is 2.66. The normalized spacial score (nSPS) is 27.9. The van der Waals surface area contributed by atoms with Crippen molar-refractivity contribution in [1.29, 1.82) is 0 Å². The van der Waals surface area contributed by atoms with Crippen molar-refractivity contribution in [3.63, 3.8) is 0 Å². The molecule has 1 aromatic rings. The topological polar surface area (TPSA) is 244 Å². The molecule has 0 bridgehead atoms. The molecule has 1 saturated heterocycles. The first kappa shape index (κ1) is 27.3. The maximum Gasteiger partial charge on any atom is 0.490 e. The predicted molar refractivity (Wildman–Crippen MR) is 104 cm³/mol. The quantitative estimate of drug-likeness (QED) is 0.230. The van der Waals surface area contributed by atoms with Crippen molar-refractivity contribution in [2.45, 2.75) is 45.1 Å². The zero-order valence-corrected chi connectivity index (χ0v) is 19.6. The molecule has 1 aliphatic rings. The van der Waals surface area contributed by atoms with Gasteiger partial charge in [-0.25, -0.2) is 18.5 Å². The molecule has 0 aromatic carbocycles. The summed E-state index contributed by atoms with van der Waals surface area (Å²) in [5.74, 6) is -0.616. The Kier molecular flexibility index (Phi) is 7.95. The molecule has 5 atom stereocenters. The first-order chi connectivity index (χ1) is 14.4. The summed E-state index contributed by atoms with van der Waals surface area (Å²) in [4.78, 5) is 61.8. The first-order valence-corrected chi connectivity index (χ1v) is 13.4. The van der Waals surface area contributed by atoms with Crippen molar-refractivity contribution in [2.75, 3.05) is 6.61 Å². The van der Waals surface area contributed by atoms with E-state index in [1.165, 1.54) is 13.1 Å². The molecule has 184 valence electrons. The third-order valence-electron chi connectivity index (χ3n) is 4.65. The van der Waals surface area contributed by atoms with Crippen LogP contribution in [0.1, 0.15) is 32.1 Å². The van der Waals surface area contributed by atoms with Gasteiger partial charge in [0.15, 0.2) is 0 Å². The van der Waals surface area contributed by atoms with E-state index in [1.807, 2.05) is 0 Å². The van der Waals surface area contributed by atoms with E-state index in [0.717, 1.165) is 4.57 Å². The highest BCUT2D eigenvalue weighted by molar-refractivity contribution is 7.66. The van der Waals surface area contributed by atoms with Crippen molar-refractivity contribution in [3.8, 4) is 0 Å². The number of H-pyrrole nitrogens is 1. The van der Waals surface area contributed by atoms with Crippen LogP contribution < -0.4 is 11.2 Å². The zero-order chi connectivity index (χ0) is 24.7. The molecule has 2 unspecified atom stereocenters. The SMILES string of the molecule is Cc1cn([C@H]2C[C@H](O)[C@](COP(=O)(O)OP(=O)(O)OP(=O)(O)O)(C(C)C)O2)c(=O)[nH]c1=O. The molecule has 16 nitrogen and oxygen atoms in total. The maximum atomic E-state index is 12.1. The molecule has 32 heavy (non-hydrogen) atoms. The van der Waals surface area contributed by atoms with Crippen LogP contribution in [0.4, 0.5) is 0 Å². The number of phosphoric ester groups is 1. The second kappa shape index (κ2) is 9.34. The van der Waals surface area contributed by atoms with E-state index in [0.29, 0.717) is 0 Å². The molecular weight excluding hydrogens is 501 g/mol. The van der Waals surface area contributed by atoms with Crippen LogP contribution in [-0.2, 0) is 31.6 Å². The van der Waals surface area contributed by atoms with Crippen molar-refractivity contribution >= 4 is 23.5 Å². The van der Waals surface area contributed by atoms with Gasteiger partial charge in [0.05, 0.1) is 12.7 Å². The number of rotatable bonds is 9. The predicted octanol–water partition coefficient (Wildman–Crippen LogP) is -0.137. The van der Waals surface area contributed by atoms with Crippen LogP contribution in [0.15, 0.2) is 15.8 Å². The summed E-state index contributed by atoms with van der Waals surface area (Å²) in [6.45, 7) is 3.63. The van der Waals surface area contributed by atoms with E-state index >= 15 is 0 Å². The molecule has 1 fully saturated rings. The molecule has 2 rings (SSSR count). The molecule has 1 aromatic heterocycles. The Bertz CT molecular complexity index is 1110. The number of hydrogen-bond acceptors (Lipinski definition) is 10. The zero-order valence-electron chi connectivity index (χ0n) is 16.9. The lowest BCUT2D eigenvalue weighted by atomic mass is 9.86. The smallest absolute Gasteiger partial charge is 0.390 e. The third kappa shape index (κ3) is 6.54. The Morgan fingerprint density at radius 2 is 1.78 bits per heavy atom. The van der Waals surface area contributed by atoms with E-state index in [4.69, 9.17) is 14.5 Å². The van der Waals surface area contributed by atoms with Crippen molar-refractivity contribution in [3.05, 3.63) is 32.6 Å². The van der Waals surface area contributed by atoms with Crippen LogP contribution in [0.25, 0.3) is 0 Å². The molecule has 1 aliphatic heterocycles. The first-order valence-electron chi connectivity index (χ1n) is 8.84. The lowest BCUT2D eigenvalue weighted by Crippen LogP contribution is -2.48. The van der Waals surface area contributed by atoms with Gasteiger partial charge in [-0.15, -0.1) is 0 Å². The standard InChI is InChI=1S/C13H23N2O14P3/c1-7(2)13(6-26-31(22,23)29-32(24,25)28-30(19,20)21)9(16)4-10(27-13)15-5-8(3)11(17)14-12(15)18/h5,7,9-10,16H,4,6H2,1-3H3,(H,22,23)(H,24,25)(H,14,17,18)(H2,19,20,21)/t9-,10+,13-/m0/s1. The van der Waals surface area contributed by atoms with Crippen LogP contribution in [0.5, 0.6) is 0 Å². The van der Waals surface area contributed by atoms with Crippen LogP contribution in [0, 0.1) is 12.8 Å². The number of aryl methyl sites for hydroxylation is 1. The minimum absolute atomic E-state index is 0.179. The number of nitrogens with one attached hydrogen (secondary N) is 1. The molecule has 19 heteroatoms. The van der Waals surface area contributed by atoms with Gasteiger partial charge in [-0.1, -0.05) is 13.8 Å². The minimum Gasteiger partial charge on any atom is -0.390 e. The number of aromatic amines is 1. The number of phosphoric acid groups is 3. The molecule has 0 amide bonds. The van der Waals surface area contributed by atoms with Gasteiger partial charge in [0.1, 0.15) is 11.8 Å². The summed E-state index contributed by atoms with van der Waals surface area (Å²) in [6, 6.07) is 0. The third-order valence-corrected chi connectivity index (χ3v) is 8.43. The number of aliphatic hydroxyl groups excluding tert-OH is 1. The maximum absolute atomic E-state index is 12.1. The van der Waals surface area contributed by atoms with Gasteiger partial charge in [0.25, 0.3) is 5.56 Å². The summed E-state index contributed by atoms with van der Waals surface area (Å²) in [5.41, 5.74) is -2.99. The minimum atomic E-state index is -5.72. The lowest BCUT2D eigenvalue weighted by molar-refractivity contribution is -0.151. The van der Waals surface area contributed by atoms with E-state index in [9.17, 15) is 38.2 Å². The Hall–Kier alpha value is -0.990. The van der Waals surface area contributed by atoms with Gasteiger partial charge in [0.2, 0.25) is 0 Å². The number of hydrogen-bond donors (Lipinski definition) is 6. The van der Waals surface area contributed by atoms with E-state index in [-0.39, 0.29) is 12.0 Å². The van der Waals surface area contributed by atoms with E-state index in [2.05, 4.69) is 18.1 Å². The highest BCUT2D eigenvalue weighted by Gasteiger charge is 2.53. The van der Waals surface area contributed by atoms with Gasteiger partial charge in [-0.3, -0.25) is 18.9 Å². The molecule has 0 spiro atoms. The fraction of sp³-hybridized carbons (Fsp3) is 0.692. The van der Waals surface area contributed by atoms with Crippen LogP contribution in [-0.4, -0.2) is 52.5 Å². The second-order valence-corrected chi connectivity index (χ2v) is 11.7. The van der Waals surface area contributed by atoms with Gasteiger partial charge >= 0.3 is 29.2 Å². The van der Waals surface area contributed by atoms with Gasteiger partial charge in [-0.2, -0.15) is 8.62 Å². The van der Waals surface area contributed by atoms with E-state index in [1.54, 1.807) is 13.8 Å². The van der Waals surface area contributed by atoms with Gasteiger partial charge in [-0.05, 0) is 12.8 Å². The van der Waals surface area contributed by atoms with Crippen LogP contribution in [0.2, 0.25) is 0 Å². The molecule has 0 saturated carbocycles. The Morgan fingerprint density at radius 3 is 2.31 bits per heavy atom. The summed E-state index contributed by atoms with van der Waals surface area (Å²) in [5, 5.41) is 10.6. The summed E-state index contributed by atoms with van der Waals surface area (Å²) >= 11 is 0. The number of aliphatic hydroxyl groups is 1. The summed E-state index contributed by atoms with van der Waals surface area (Å²) in [6.07, 6.45) is -1.47. The Morgan fingerprint density at radius 1 is 1.19 bits per heavy atom. The number of aromatic nitrogens is 2. The average molecular weight is 524 g/mol. The lowest BCUT2D eigenvalue weighted by Gasteiger charge is -2.36. The molecule has 0 aliphatic carbocycles. The Balaban J connectivity index is 2.24. The van der Waals surface area contributed by atoms with Crippen molar-refractivity contribution < 1.29 is 56.3 Å². The number of ether oxygens (including phenoxy) is 1. The van der Waals surface area contributed by atoms with Gasteiger partial charge < -0.3 is 29.4 Å². The molecular formula is C13H23N2O14P3. The van der Waals surface area contributed by atoms with Crippen molar-refractivity contribution in [2.24, 2.45) is 5.92 Å². The molecule has 2 heterocycles. The fourth-order valence-electron chi connectivity index (χ4n) is 3.04. The van der Waals surface area contributed by atoms with E-state index < -0.39 is 65.2 Å². The molecule has 6 N–H and O–H groups in total. The second-order valence-electron chi connectivity index (χ2n) is 7.28. The summed E-state index contributed by atoms with van der Waals surface area (Å²) in [7, 11) is -16.7. The highest BCUT2D eigenvalue weighted by atomic mass is 31.3. The molecule has 0 radical (unpaired) electrons. The van der Waals surface area contributed by atoms with Crippen LogP contribution in [0.3, 0.4) is 0 Å². The average Bonchev–Trinajstić information content (AvgIpc) is 2.91. The summed E-state index contributed by atoms with van der Waals surface area (Å²) < 4.78 is 52.9. The number of nitrogens with zero attached hydrogens (tertiary/aromatic N) is 1. The monoisotopic (exact) mass is 524 g/mol. The Labute approximate surface area is 180 Å².